The first-order valence-corrected chi connectivity index (χ1v) is 9.47. The number of amides is 2. The summed E-state index contributed by atoms with van der Waals surface area (Å²) < 4.78 is 18.9. The molecule has 1 N–H and O–H groups in total. The number of hydrogen-bond acceptors (Lipinski definition) is 3. The van der Waals surface area contributed by atoms with Gasteiger partial charge in [-0.15, -0.1) is 0 Å². The van der Waals surface area contributed by atoms with Crippen LogP contribution in [0.25, 0.3) is 6.08 Å². The van der Waals surface area contributed by atoms with Crippen LogP contribution in [0, 0.1) is 5.82 Å². The normalized spacial score (nSPS) is 14.2. The van der Waals surface area contributed by atoms with E-state index in [0.29, 0.717) is 23.5 Å². The Morgan fingerprint density at radius 3 is 2.43 bits per heavy atom. The summed E-state index contributed by atoms with van der Waals surface area (Å²) in [5, 5.41) is 2.83. The molecule has 5 nitrogen and oxygen atoms in total. The number of rotatable bonds is 5. The maximum atomic E-state index is 13.2. The first-order valence-electron chi connectivity index (χ1n) is 9.47. The lowest BCUT2D eigenvalue weighted by Crippen LogP contribution is -2.44. The summed E-state index contributed by atoms with van der Waals surface area (Å²) in [6.45, 7) is 0.227. The van der Waals surface area contributed by atoms with Crippen molar-refractivity contribution in [1.29, 1.82) is 0 Å². The first-order chi connectivity index (χ1) is 14.6. The molecule has 1 aliphatic rings. The van der Waals surface area contributed by atoms with Gasteiger partial charge in [0.05, 0.1) is 5.69 Å². The van der Waals surface area contributed by atoms with Gasteiger partial charge < -0.3 is 10.1 Å². The molecule has 0 unspecified atom stereocenters. The number of anilines is 1. The molecule has 1 aliphatic heterocycles. The van der Waals surface area contributed by atoms with Crippen LogP contribution in [0.4, 0.5) is 10.1 Å². The molecule has 30 heavy (non-hydrogen) atoms. The Bertz CT molecular complexity index is 1090. The number of nitrogens with zero attached hydrogens (tertiary/aromatic N) is 1. The van der Waals surface area contributed by atoms with Crippen LogP contribution in [0.15, 0.2) is 84.6 Å². The number of hydrogen-bond donors (Lipinski definition) is 1. The monoisotopic (exact) mass is 402 g/mol. The van der Waals surface area contributed by atoms with Crippen molar-refractivity contribution in [1.82, 2.24) is 5.32 Å². The van der Waals surface area contributed by atoms with Gasteiger partial charge in [-0.3, -0.25) is 14.5 Å². The molecule has 2 amide bonds. The second-order valence-corrected chi connectivity index (χ2v) is 6.78. The molecule has 6 heteroatoms. The van der Waals surface area contributed by atoms with Crippen molar-refractivity contribution in [3.8, 4) is 5.75 Å². The van der Waals surface area contributed by atoms with Crippen molar-refractivity contribution >= 4 is 23.6 Å². The number of fused-ring (bicyclic) bond motifs is 1. The van der Waals surface area contributed by atoms with Gasteiger partial charge in [-0.25, -0.2) is 4.39 Å². The molecule has 0 saturated carbocycles. The summed E-state index contributed by atoms with van der Waals surface area (Å²) in [5.41, 5.74) is 2.11. The molecule has 4 rings (SSSR count). The Morgan fingerprint density at radius 2 is 1.67 bits per heavy atom. The maximum Gasteiger partial charge on any atom is 0.294 e. The van der Waals surface area contributed by atoms with E-state index >= 15 is 0 Å². The number of benzene rings is 3. The van der Waals surface area contributed by atoms with Crippen molar-refractivity contribution < 1.29 is 18.7 Å². The highest BCUT2D eigenvalue weighted by atomic mass is 19.1. The minimum Gasteiger partial charge on any atom is -0.449 e. The number of para-hydroxylation sites is 2. The topological polar surface area (TPSA) is 58.6 Å². The Morgan fingerprint density at radius 1 is 0.967 bits per heavy atom. The molecule has 1 heterocycles. The SMILES string of the molecule is O=C(CN1C(=O)/C(=C\c2ccc(F)cc2)Oc2ccccc21)NCc1ccccc1. The zero-order chi connectivity index (χ0) is 20.9. The molecule has 0 aromatic heterocycles. The van der Waals surface area contributed by atoms with Gasteiger partial charge in [0.2, 0.25) is 5.91 Å². The van der Waals surface area contributed by atoms with Gasteiger partial charge in [0, 0.05) is 6.54 Å². The van der Waals surface area contributed by atoms with Crippen LogP contribution < -0.4 is 15.0 Å². The third kappa shape index (κ3) is 4.38. The van der Waals surface area contributed by atoms with Crippen molar-refractivity contribution in [3.63, 3.8) is 0 Å². The third-order valence-electron chi connectivity index (χ3n) is 4.63. The fraction of sp³-hybridized carbons (Fsp3) is 0.0833. The van der Waals surface area contributed by atoms with Crippen molar-refractivity contribution in [2.75, 3.05) is 11.4 Å². The predicted octanol–water partition coefficient (Wildman–Crippen LogP) is 3.91. The lowest BCUT2D eigenvalue weighted by molar-refractivity contribution is -0.123. The number of carbonyl (C=O) groups excluding carboxylic acids is 2. The van der Waals surface area contributed by atoms with Crippen LogP contribution in [0.2, 0.25) is 0 Å². The standard InChI is InChI=1S/C24H19FN2O3/c25-19-12-10-17(11-13-19)14-22-24(29)27(20-8-4-5-9-21(20)30-22)16-23(28)26-15-18-6-2-1-3-7-18/h1-14H,15-16H2,(H,26,28)/b22-14+. The zero-order valence-electron chi connectivity index (χ0n) is 16.0. The highest BCUT2D eigenvalue weighted by Crippen LogP contribution is 2.35. The van der Waals surface area contributed by atoms with E-state index in [0.717, 1.165) is 5.56 Å². The van der Waals surface area contributed by atoms with Crippen LogP contribution in [-0.4, -0.2) is 18.4 Å². The van der Waals surface area contributed by atoms with E-state index in [9.17, 15) is 14.0 Å². The summed E-state index contributed by atoms with van der Waals surface area (Å²) in [4.78, 5) is 27.0. The minimum atomic E-state index is -0.437. The van der Waals surface area contributed by atoms with Crippen LogP contribution >= 0.6 is 0 Å². The third-order valence-corrected chi connectivity index (χ3v) is 4.63. The van der Waals surface area contributed by atoms with E-state index < -0.39 is 5.91 Å². The molecule has 3 aromatic carbocycles. The summed E-state index contributed by atoms with van der Waals surface area (Å²) >= 11 is 0. The van der Waals surface area contributed by atoms with E-state index in [-0.39, 0.29) is 24.0 Å². The van der Waals surface area contributed by atoms with E-state index in [4.69, 9.17) is 4.74 Å². The van der Waals surface area contributed by atoms with Crippen LogP contribution in [0.1, 0.15) is 11.1 Å². The molecule has 0 saturated heterocycles. The molecule has 0 aliphatic carbocycles. The lowest BCUT2D eigenvalue weighted by atomic mass is 10.1. The number of nitrogens with one attached hydrogen (secondary N) is 1. The van der Waals surface area contributed by atoms with Gasteiger partial charge in [0.25, 0.3) is 5.91 Å². The maximum absolute atomic E-state index is 13.2. The smallest absolute Gasteiger partial charge is 0.294 e. The summed E-state index contributed by atoms with van der Waals surface area (Å²) in [6.07, 6.45) is 1.53. The quantitative estimate of drug-likeness (QED) is 0.659. The molecule has 0 fully saturated rings. The highest BCUT2D eigenvalue weighted by molar-refractivity contribution is 6.12. The largest absolute Gasteiger partial charge is 0.449 e. The molecular weight excluding hydrogens is 383 g/mol. The van der Waals surface area contributed by atoms with Gasteiger partial charge in [-0.05, 0) is 41.5 Å². The van der Waals surface area contributed by atoms with Crippen LogP contribution in [-0.2, 0) is 16.1 Å². The van der Waals surface area contributed by atoms with E-state index in [1.54, 1.807) is 36.4 Å². The van der Waals surface area contributed by atoms with Gasteiger partial charge in [-0.2, -0.15) is 0 Å². The van der Waals surface area contributed by atoms with E-state index in [1.807, 2.05) is 30.3 Å². The fourth-order valence-electron chi connectivity index (χ4n) is 3.13. The predicted molar refractivity (Wildman–Crippen MR) is 112 cm³/mol. The Kier molecular flexibility index (Phi) is 5.57. The Labute approximate surface area is 173 Å². The number of ether oxygens (including phenoxy) is 1. The van der Waals surface area contributed by atoms with Gasteiger partial charge in [0.15, 0.2) is 11.5 Å². The van der Waals surface area contributed by atoms with Gasteiger partial charge in [-0.1, -0.05) is 54.6 Å². The van der Waals surface area contributed by atoms with Gasteiger partial charge >= 0.3 is 0 Å². The molecule has 0 bridgehead atoms. The number of halogens is 1. The van der Waals surface area contributed by atoms with Crippen LogP contribution in [0.3, 0.4) is 0 Å². The second kappa shape index (κ2) is 8.61. The van der Waals surface area contributed by atoms with E-state index in [1.165, 1.54) is 23.1 Å². The molecule has 0 spiro atoms. The summed E-state index contributed by atoms with van der Waals surface area (Å²) in [6, 6.07) is 22.3. The number of carbonyl (C=O) groups is 2. The molecular formula is C24H19FN2O3. The van der Waals surface area contributed by atoms with Crippen molar-refractivity contribution in [2.24, 2.45) is 0 Å². The van der Waals surface area contributed by atoms with Gasteiger partial charge in [0.1, 0.15) is 12.4 Å². The second-order valence-electron chi connectivity index (χ2n) is 6.78. The first kappa shape index (κ1) is 19.4. The fourth-order valence-corrected chi connectivity index (χ4v) is 3.13. The Balaban J connectivity index is 1.55. The summed E-state index contributed by atoms with van der Waals surface area (Å²) in [7, 11) is 0. The highest BCUT2D eigenvalue weighted by Gasteiger charge is 2.31. The molecule has 3 aromatic rings. The minimum absolute atomic E-state index is 0.0659. The zero-order valence-corrected chi connectivity index (χ0v) is 16.0. The Hall–Kier alpha value is -3.93. The average Bonchev–Trinajstić information content (AvgIpc) is 2.77. The molecule has 0 atom stereocenters. The summed E-state index contributed by atoms with van der Waals surface area (Å²) in [5.74, 6) is -0.550. The lowest BCUT2D eigenvalue weighted by Gasteiger charge is -2.30. The van der Waals surface area contributed by atoms with Crippen LogP contribution in [0.5, 0.6) is 5.75 Å². The molecule has 150 valence electrons. The van der Waals surface area contributed by atoms with Crippen molar-refractivity contribution in [2.45, 2.75) is 6.54 Å². The van der Waals surface area contributed by atoms with E-state index in [2.05, 4.69) is 5.32 Å². The molecule has 0 radical (unpaired) electrons. The van der Waals surface area contributed by atoms with Crippen molar-refractivity contribution in [3.05, 3.63) is 102 Å². The average molecular weight is 402 g/mol.